The average molecular weight is 316 g/mol. The van der Waals surface area contributed by atoms with Crippen LogP contribution >= 0.6 is 22.6 Å². The van der Waals surface area contributed by atoms with Crippen LogP contribution in [0.25, 0.3) is 0 Å². The molecule has 7 heteroatoms. The molecule has 0 amide bonds. The van der Waals surface area contributed by atoms with Gasteiger partial charge in [0.25, 0.3) is 6.43 Å². The van der Waals surface area contributed by atoms with Crippen LogP contribution in [0, 0.1) is 3.57 Å². The van der Waals surface area contributed by atoms with Gasteiger partial charge in [-0.15, -0.1) is 0 Å². The molecule has 1 heterocycles. The van der Waals surface area contributed by atoms with Crippen molar-refractivity contribution in [3.8, 4) is 0 Å². The molecular formula is C7H7F2IN2O2. The lowest BCUT2D eigenvalue weighted by Gasteiger charge is -2.05. The largest absolute Gasteiger partial charge is 0.480 e. The summed E-state index contributed by atoms with van der Waals surface area (Å²) in [6, 6.07) is -0.934. The number of rotatable bonds is 3. The molecule has 0 spiro atoms. The van der Waals surface area contributed by atoms with E-state index in [9.17, 15) is 13.6 Å². The van der Waals surface area contributed by atoms with Crippen LogP contribution in [0.1, 0.15) is 25.1 Å². The van der Waals surface area contributed by atoms with Crippen molar-refractivity contribution >= 4 is 28.6 Å². The average Bonchev–Trinajstić information content (AvgIpc) is 2.45. The van der Waals surface area contributed by atoms with Crippen LogP contribution in [-0.4, -0.2) is 20.9 Å². The lowest BCUT2D eigenvalue weighted by atomic mass is 10.4. The molecule has 0 aromatic carbocycles. The summed E-state index contributed by atoms with van der Waals surface area (Å²) in [6.07, 6.45) is -1.38. The number of nitrogens with zero attached hydrogens (tertiary/aromatic N) is 2. The van der Waals surface area contributed by atoms with E-state index in [0.717, 1.165) is 4.68 Å². The molecule has 1 aromatic heterocycles. The number of alkyl halides is 2. The molecule has 1 atom stereocenters. The molecule has 14 heavy (non-hydrogen) atoms. The van der Waals surface area contributed by atoms with Crippen molar-refractivity contribution in [2.24, 2.45) is 0 Å². The predicted molar refractivity (Wildman–Crippen MR) is 52.2 cm³/mol. The highest BCUT2D eigenvalue weighted by atomic mass is 127. The molecule has 0 aliphatic heterocycles. The van der Waals surface area contributed by atoms with E-state index in [1.807, 2.05) is 0 Å². The molecule has 0 fully saturated rings. The Balaban J connectivity index is 3.02. The number of aromatic nitrogens is 2. The molecule has 0 radical (unpaired) electrons. The number of hydrogen-bond acceptors (Lipinski definition) is 2. The standard InChI is InChI=1S/C7H7F2IN2O2/c1-3(7(13)14)12-2-4(10)5(11-12)6(8)9/h2-3,6H,1H3,(H,13,14)/t3-/m0/s1. The fourth-order valence-corrected chi connectivity index (χ4v) is 1.47. The van der Waals surface area contributed by atoms with Gasteiger partial charge in [0, 0.05) is 6.20 Å². The Morgan fingerprint density at radius 1 is 1.71 bits per heavy atom. The molecule has 0 saturated carbocycles. The van der Waals surface area contributed by atoms with Crippen molar-refractivity contribution in [1.82, 2.24) is 9.78 Å². The summed E-state index contributed by atoms with van der Waals surface area (Å²) >= 11 is 1.70. The third kappa shape index (κ3) is 2.20. The Morgan fingerprint density at radius 2 is 2.29 bits per heavy atom. The van der Waals surface area contributed by atoms with Crippen LogP contribution in [0.5, 0.6) is 0 Å². The zero-order chi connectivity index (χ0) is 10.9. The van der Waals surface area contributed by atoms with Crippen molar-refractivity contribution in [3.05, 3.63) is 15.5 Å². The second-order valence-electron chi connectivity index (χ2n) is 2.66. The van der Waals surface area contributed by atoms with Crippen molar-refractivity contribution in [2.45, 2.75) is 19.4 Å². The zero-order valence-electron chi connectivity index (χ0n) is 7.12. The highest BCUT2D eigenvalue weighted by Gasteiger charge is 2.21. The monoisotopic (exact) mass is 316 g/mol. The van der Waals surface area contributed by atoms with Gasteiger partial charge in [0.05, 0.1) is 3.57 Å². The van der Waals surface area contributed by atoms with E-state index in [2.05, 4.69) is 5.10 Å². The maximum absolute atomic E-state index is 12.3. The topological polar surface area (TPSA) is 55.1 Å². The minimum Gasteiger partial charge on any atom is -0.480 e. The van der Waals surface area contributed by atoms with Crippen molar-refractivity contribution in [1.29, 1.82) is 0 Å². The highest BCUT2D eigenvalue weighted by Crippen LogP contribution is 2.23. The lowest BCUT2D eigenvalue weighted by Crippen LogP contribution is -2.16. The Kier molecular flexibility index (Phi) is 3.40. The Morgan fingerprint density at radius 3 is 2.64 bits per heavy atom. The molecule has 1 aromatic rings. The minimum atomic E-state index is -2.68. The maximum atomic E-state index is 12.3. The van der Waals surface area contributed by atoms with Crippen LogP contribution in [0.15, 0.2) is 6.20 Å². The van der Waals surface area contributed by atoms with E-state index in [1.54, 1.807) is 22.6 Å². The van der Waals surface area contributed by atoms with E-state index < -0.39 is 18.4 Å². The fourth-order valence-electron chi connectivity index (χ4n) is 0.843. The number of aliphatic carboxylic acids is 1. The number of carboxylic acids is 1. The zero-order valence-corrected chi connectivity index (χ0v) is 9.27. The van der Waals surface area contributed by atoms with Gasteiger partial charge in [0.1, 0.15) is 11.7 Å². The summed E-state index contributed by atoms with van der Waals surface area (Å²) in [5.41, 5.74) is -0.376. The lowest BCUT2D eigenvalue weighted by molar-refractivity contribution is -0.140. The van der Waals surface area contributed by atoms with Gasteiger partial charge in [-0.05, 0) is 29.5 Å². The molecular weight excluding hydrogens is 309 g/mol. The Bertz CT molecular complexity index is 353. The fraction of sp³-hybridized carbons (Fsp3) is 0.429. The maximum Gasteiger partial charge on any atom is 0.328 e. The quantitative estimate of drug-likeness (QED) is 0.869. The summed E-state index contributed by atoms with van der Waals surface area (Å²) < 4.78 is 25.8. The van der Waals surface area contributed by atoms with E-state index in [-0.39, 0.29) is 9.26 Å². The van der Waals surface area contributed by atoms with Gasteiger partial charge >= 0.3 is 5.97 Å². The summed E-state index contributed by atoms with van der Waals surface area (Å²) in [7, 11) is 0. The first kappa shape index (κ1) is 11.3. The summed E-state index contributed by atoms with van der Waals surface area (Å²) in [5.74, 6) is -1.11. The third-order valence-electron chi connectivity index (χ3n) is 1.67. The smallest absolute Gasteiger partial charge is 0.328 e. The molecule has 4 nitrogen and oxygen atoms in total. The van der Waals surface area contributed by atoms with E-state index in [0.29, 0.717) is 0 Å². The first-order valence-electron chi connectivity index (χ1n) is 3.69. The van der Waals surface area contributed by atoms with Crippen molar-refractivity contribution < 1.29 is 18.7 Å². The van der Waals surface area contributed by atoms with Crippen LogP contribution in [0.2, 0.25) is 0 Å². The van der Waals surface area contributed by atoms with Gasteiger partial charge in [-0.1, -0.05) is 0 Å². The van der Waals surface area contributed by atoms with E-state index in [4.69, 9.17) is 5.11 Å². The summed E-state index contributed by atoms with van der Waals surface area (Å²) in [6.45, 7) is 1.38. The molecule has 1 rings (SSSR count). The third-order valence-corrected chi connectivity index (χ3v) is 2.51. The second-order valence-corrected chi connectivity index (χ2v) is 3.82. The number of hydrogen-bond donors (Lipinski definition) is 1. The van der Waals surface area contributed by atoms with Crippen LogP contribution in [-0.2, 0) is 4.79 Å². The highest BCUT2D eigenvalue weighted by molar-refractivity contribution is 14.1. The van der Waals surface area contributed by atoms with Gasteiger partial charge < -0.3 is 5.11 Å². The normalized spacial score (nSPS) is 13.2. The Labute approximate surface area is 92.0 Å². The summed E-state index contributed by atoms with van der Waals surface area (Å²) in [4.78, 5) is 10.5. The van der Waals surface area contributed by atoms with Crippen LogP contribution in [0.3, 0.4) is 0 Å². The van der Waals surface area contributed by atoms with Crippen LogP contribution in [0.4, 0.5) is 8.78 Å². The van der Waals surface area contributed by atoms with Crippen molar-refractivity contribution in [3.63, 3.8) is 0 Å². The number of carboxylic acid groups (broad SMARTS) is 1. The van der Waals surface area contributed by atoms with E-state index in [1.165, 1.54) is 13.1 Å². The first-order valence-corrected chi connectivity index (χ1v) is 4.77. The molecule has 0 saturated heterocycles. The summed E-state index contributed by atoms with van der Waals surface area (Å²) in [5, 5.41) is 12.1. The Hall–Kier alpha value is -0.730. The SMILES string of the molecule is C[C@@H](C(=O)O)n1cc(I)c(C(F)F)n1. The number of halogens is 3. The first-order chi connectivity index (χ1) is 6.43. The van der Waals surface area contributed by atoms with Gasteiger partial charge in [-0.25, -0.2) is 13.6 Å². The molecule has 78 valence electrons. The second kappa shape index (κ2) is 4.20. The molecule has 0 bridgehead atoms. The van der Waals surface area contributed by atoms with Crippen molar-refractivity contribution in [2.75, 3.05) is 0 Å². The molecule has 0 aliphatic rings. The van der Waals surface area contributed by atoms with E-state index >= 15 is 0 Å². The molecule has 0 unspecified atom stereocenters. The van der Waals surface area contributed by atoms with Gasteiger partial charge in [0.2, 0.25) is 0 Å². The van der Waals surface area contributed by atoms with Gasteiger partial charge in [-0.2, -0.15) is 5.10 Å². The van der Waals surface area contributed by atoms with Gasteiger partial charge in [-0.3, -0.25) is 4.68 Å². The van der Waals surface area contributed by atoms with Gasteiger partial charge in [0.15, 0.2) is 0 Å². The van der Waals surface area contributed by atoms with Crippen LogP contribution < -0.4 is 0 Å². The molecule has 0 aliphatic carbocycles. The predicted octanol–water partition coefficient (Wildman–Crippen LogP) is 2.07. The minimum absolute atomic E-state index is 0.269. The number of carbonyl (C=O) groups is 1. The molecule has 1 N–H and O–H groups in total.